The van der Waals surface area contributed by atoms with Crippen LogP contribution in [0.15, 0.2) is 18.2 Å². The summed E-state index contributed by atoms with van der Waals surface area (Å²) >= 11 is 0. The van der Waals surface area contributed by atoms with Crippen LogP contribution in [0.25, 0.3) is 0 Å². The van der Waals surface area contributed by atoms with Crippen molar-refractivity contribution in [1.29, 1.82) is 5.26 Å². The van der Waals surface area contributed by atoms with E-state index in [1.165, 1.54) is 5.56 Å². The summed E-state index contributed by atoms with van der Waals surface area (Å²) in [4.78, 5) is 0. The van der Waals surface area contributed by atoms with Crippen LogP contribution >= 0.6 is 0 Å². The maximum absolute atomic E-state index is 8.70. The molecule has 1 rings (SSSR count). The lowest BCUT2D eigenvalue weighted by Gasteiger charge is -2.06. The zero-order chi connectivity index (χ0) is 9.14. The van der Waals surface area contributed by atoms with Gasteiger partial charge in [-0.15, -0.1) is 0 Å². The van der Waals surface area contributed by atoms with Crippen LogP contribution in [-0.2, 0) is 0 Å². The van der Waals surface area contributed by atoms with Crippen molar-refractivity contribution >= 4 is 0 Å². The summed E-state index contributed by atoms with van der Waals surface area (Å²) in [5, 5.41) is 8.70. The summed E-state index contributed by atoms with van der Waals surface area (Å²) in [5.74, 6) is 0.538. The van der Waals surface area contributed by atoms with Crippen molar-refractivity contribution in [3.8, 4) is 6.07 Å². The van der Waals surface area contributed by atoms with Crippen LogP contribution in [0.3, 0.4) is 0 Å². The second-order valence-corrected chi connectivity index (χ2v) is 3.34. The maximum atomic E-state index is 8.70. The molecule has 12 heavy (non-hydrogen) atoms. The Balaban J connectivity index is 3.12. The molecule has 0 saturated heterocycles. The molecule has 0 bridgehead atoms. The van der Waals surface area contributed by atoms with Crippen molar-refractivity contribution in [3.63, 3.8) is 0 Å². The Bertz CT molecular complexity index is 318. The monoisotopic (exact) mass is 159 g/mol. The first-order valence-electron chi connectivity index (χ1n) is 4.16. The molecule has 0 fully saturated rings. The van der Waals surface area contributed by atoms with Gasteiger partial charge in [-0.3, -0.25) is 0 Å². The van der Waals surface area contributed by atoms with E-state index < -0.39 is 0 Å². The Morgan fingerprint density at radius 2 is 2.00 bits per heavy atom. The molecule has 0 saturated carbocycles. The summed E-state index contributed by atoms with van der Waals surface area (Å²) in [5.41, 5.74) is 3.15. The van der Waals surface area contributed by atoms with E-state index in [0.717, 1.165) is 11.1 Å². The molecular formula is C11H13N. The van der Waals surface area contributed by atoms with Gasteiger partial charge in [0.05, 0.1) is 11.6 Å². The number of aryl methyl sites for hydroxylation is 1. The van der Waals surface area contributed by atoms with Crippen molar-refractivity contribution in [2.24, 2.45) is 0 Å². The van der Waals surface area contributed by atoms with Gasteiger partial charge in [0.2, 0.25) is 0 Å². The van der Waals surface area contributed by atoms with Crippen LogP contribution in [-0.4, -0.2) is 0 Å². The van der Waals surface area contributed by atoms with E-state index in [-0.39, 0.29) is 0 Å². The van der Waals surface area contributed by atoms with Gasteiger partial charge in [-0.2, -0.15) is 5.26 Å². The number of hydrogen-bond acceptors (Lipinski definition) is 1. The maximum Gasteiger partial charge on any atom is 0.0994 e. The van der Waals surface area contributed by atoms with Crippen LogP contribution in [0, 0.1) is 18.3 Å². The molecule has 62 valence electrons. The third-order valence-electron chi connectivity index (χ3n) is 2.04. The van der Waals surface area contributed by atoms with E-state index in [0.29, 0.717) is 5.92 Å². The highest BCUT2D eigenvalue weighted by Gasteiger charge is 2.01. The summed E-state index contributed by atoms with van der Waals surface area (Å²) in [6.07, 6.45) is 0. The highest BCUT2D eigenvalue weighted by atomic mass is 14.2. The Kier molecular flexibility index (Phi) is 2.50. The normalized spacial score (nSPS) is 9.92. The molecular weight excluding hydrogens is 146 g/mol. The topological polar surface area (TPSA) is 23.8 Å². The van der Waals surface area contributed by atoms with E-state index in [4.69, 9.17) is 5.26 Å². The van der Waals surface area contributed by atoms with Crippen LogP contribution in [0.2, 0.25) is 0 Å². The van der Waals surface area contributed by atoms with Gasteiger partial charge in [-0.25, -0.2) is 0 Å². The molecule has 1 heteroatoms. The van der Waals surface area contributed by atoms with Crippen LogP contribution in [0.1, 0.15) is 36.5 Å². The summed E-state index contributed by atoms with van der Waals surface area (Å²) in [6.45, 7) is 6.28. The lowest BCUT2D eigenvalue weighted by Crippen LogP contribution is -1.90. The number of nitriles is 1. The predicted molar refractivity (Wildman–Crippen MR) is 50.0 cm³/mol. The zero-order valence-corrected chi connectivity index (χ0v) is 7.76. The Labute approximate surface area is 73.6 Å². The molecule has 0 atom stereocenters. The van der Waals surface area contributed by atoms with E-state index >= 15 is 0 Å². The highest BCUT2D eigenvalue weighted by molar-refractivity contribution is 5.40. The minimum Gasteiger partial charge on any atom is -0.192 e. The summed E-state index contributed by atoms with van der Waals surface area (Å²) in [7, 11) is 0. The quantitative estimate of drug-likeness (QED) is 0.618. The van der Waals surface area contributed by atoms with Crippen molar-refractivity contribution in [3.05, 3.63) is 34.9 Å². The lowest BCUT2D eigenvalue weighted by molar-refractivity contribution is 0.864. The average molecular weight is 159 g/mol. The first-order chi connectivity index (χ1) is 5.65. The van der Waals surface area contributed by atoms with Crippen molar-refractivity contribution in [2.45, 2.75) is 26.7 Å². The molecule has 0 radical (unpaired) electrons. The molecule has 0 unspecified atom stereocenters. The largest absolute Gasteiger partial charge is 0.192 e. The number of rotatable bonds is 1. The van der Waals surface area contributed by atoms with Gasteiger partial charge in [0.1, 0.15) is 0 Å². The summed E-state index contributed by atoms with van der Waals surface area (Å²) in [6, 6.07) is 8.17. The van der Waals surface area contributed by atoms with Gasteiger partial charge in [-0.1, -0.05) is 26.0 Å². The molecule has 1 nitrogen and oxygen atoms in total. The van der Waals surface area contributed by atoms with Gasteiger partial charge in [-0.05, 0) is 30.0 Å². The zero-order valence-electron chi connectivity index (χ0n) is 7.76. The van der Waals surface area contributed by atoms with E-state index in [2.05, 4.69) is 26.0 Å². The van der Waals surface area contributed by atoms with Gasteiger partial charge in [0.25, 0.3) is 0 Å². The second-order valence-electron chi connectivity index (χ2n) is 3.34. The van der Waals surface area contributed by atoms with E-state index in [1.807, 2.05) is 19.1 Å². The standard InChI is InChI=1S/C11H13N/c1-8(2)10-4-5-11(7-12)9(3)6-10/h4-6,8H,1-3H3. The molecule has 0 aliphatic rings. The van der Waals surface area contributed by atoms with E-state index in [1.54, 1.807) is 0 Å². The van der Waals surface area contributed by atoms with Crippen molar-refractivity contribution < 1.29 is 0 Å². The molecule has 0 amide bonds. The molecule has 1 aromatic rings. The number of nitrogens with zero attached hydrogens (tertiary/aromatic N) is 1. The molecule has 0 aromatic heterocycles. The van der Waals surface area contributed by atoms with Gasteiger partial charge >= 0.3 is 0 Å². The van der Waals surface area contributed by atoms with Crippen LogP contribution < -0.4 is 0 Å². The smallest absolute Gasteiger partial charge is 0.0994 e. The van der Waals surface area contributed by atoms with Crippen molar-refractivity contribution in [1.82, 2.24) is 0 Å². The van der Waals surface area contributed by atoms with Gasteiger partial charge in [0, 0.05) is 0 Å². The first kappa shape index (κ1) is 8.80. The third kappa shape index (κ3) is 1.65. The minimum atomic E-state index is 0.538. The summed E-state index contributed by atoms with van der Waals surface area (Å²) < 4.78 is 0. The lowest BCUT2D eigenvalue weighted by atomic mass is 9.98. The Hall–Kier alpha value is -1.29. The Morgan fingerprint density at radius 1 is 1.33 bits per heavy atom. The molecule has 0 aliphatic heterocycles. The highest BCUT2D eigenvalue weighted by Crippen LogP contribution is 2.17. The molecule has 1 aromatic carbocycles. The molecule has 0 spiro atoms. The van der Waals surface area contributed by atoms with Crippen LogP contribution in [0.5, 0.6) is 0 Å². The molecule has 0 heterocycles. The van der Waals surface area contributed by atoms with Crippen molar-refractivity contribution in [2.75, 3.05) is 0 Å². The average Bonchev–Trinajstić information content (AvgIpc) is 2.04. The Morgan fingerprint density at radius 3 is 2.42 bits per heavy atom. The molecule has 0 aliphatic carbocycles. The molecule has 0 N–H and O–H groups in total. The predicted octanol–water partition coefficient (Wildman–Crippen LogP) is 2.99. The fourth-order valence-electron chi connectivity index (χ4n) is 1.17. The van der Waals surface area contributed by atoms with Crippen LogP contribution in [0.4, 0.5) is 0 Å². The second kappa shape index (κ2) is 3.40. The number of benzene rings is 1. The van der Waals surface area contributed by atoms with Gasteiger partial charge in [0.15, 0.2) is 0 Å². The fraction of sp³-hybridized carbons (Fsp3) is 0.364. The first-order valence-corrected chi connectivity index (χ1v) is 4.16. The fourth-order valence-corrected chi connectivity index (χ4v) is 1.17. The SMILES string of the molecule is Cc1cc(C(C)C)ccc1C#N. The third-order valence-corrected chi connectivity index (χ3v) is 2.04. The number of hydrogen-bond donors (Lipinski definition) is 0. The van der Waals surface area contributed by atoms with Gasteiger partial charge < -0.3 is 0 Å². The van der Waals surface area contributed by atoms with E-state index in [9.17, 15) is 0 Å². The minimum absolute atomic E-state index is 0.538.